The molecule has 1 heterocycles. The smallest absolute Gasteiger partial charge is 0.243 e. The number of allylic oxidation sites excluding steroid dienone is 1. The van der Waals surface area contributed by atoms with E-state index in [4.69, 9.17) is 9.47 Å². The van der Waals surface area contributed by atoms with E-state index >= 15 is 0 Å². The Balaban J connectivity index is 1.38. The molecule has 0 spiro atoms. The van der Waals surface area contributed by atoms with Crippen molar-refractivity contribution in [1.82, 2.24) is 15.5 Å². The number of unbranched alkanes of at least 4 members (excludes halogenated alkanes) is 2. The number of ether oxygens (including phenoxy) is 2. The van der Waals surface area contributed by atoms with Crippen LogP contribution in [0.4, 0.5) is 0 Å². The van der Waals surface area contributed by atoms with Gasteiger partial charge in [0.1, 0.15) is 17.5 Å². The first-order valence-electron chi connectivity index (χ1n) is 17.1. The number of hydrogen-bond acceptors (Lipinski definition) is 6. The van der Waals surface area contributed by atoms with Crippen molar-refractivity contribution in [3.8, 4) is 11.5 Å². The van der Waals surface area contributed by atoms with Gasteiger partial charge in [-0.3, -0.25) is 9.59 Å². The summed E-state index contributed by atoms with van der Waals surface area (Å²) in [6, 6.07) is 24.4. The lowest BCUT2D eigenvalue weighted by Gasteiger charge is -2.31. The number of amides is 2. The molecule has 3 N–H and O–H groups in total. The number of nitrogens with zero attached hydrogens (tertiary/aromatic N) is 1. The van der Waals surface area contributed by atoms with Crippen LogP contribution in [0, 0.1) is 0 Å². The Bertz CT molecular complexity index is 1460. The van der Waals surface area contributed by atoms with E-state index in [0.29, 0.717) is 38.7 Å². The minimum atomic E-state index is -0.884. The third-order valence-corrected chi connectivity index (χ3v) is 9.20. The molecule has 250 valence electrons. The Morgan fingerprint density at radius 2 is 1.74 bits per heavy atom. The number of benzene rings is 3. The molecule has 5 atom stereocenters. The van der Waals surface area contributed by atoms with Crippen LogP contribution in [0.25, 0.3) is 0 Å². The van der Waals surface area contributed by atoms with Crippen molar-refractivity contribution in [3.63, 3.8) is 0 Å². The summed E-state index contributed by atoms with van der Waals surface area (Å²) < 4.78 is 12.5. The molecule has 0 saturated heterocycles. The number of fused-ring (bicyclic) bond motifs is 5. The second-order valence-electron chi connectivity index (χ2n) is 12.6. The van der Waals surface area contributed by atoms with Gasteiger partial charge < -0.3 is 30.1 Å². The zero-order valence-electron chi connectivity index (χ0n) is 27.6. The monoisotopic (exact) mass is 639 g/mol. The van der Waals surface area contributed by atoms with Gasteiger partial charge in [-0.15, -0.1) is 0 Å². The summed E-state index contributed by atoms with van der Waals surface area (Å²) >= 11 is 0. The zero-order chi connectivity index (χ0) is 33.0. The number of carbonyl (C=O) groups excluding carboxylic acids is 2. The zero-order valence-corrected chi connectivity index (χ0v) is 27.6. The number of carbonyl (C=O) groups is 2. The maximum absolute atomic E-state index is 13.9. The predicted molar refractivity (Wildman–Crippen MR) is 184 cm³/mol. The van der Waals surface area contributed by atoms with Crippen LogP contribution in [0.15, 0.2) is 91.0 Å². The highest BCUT2D eigenvalue weighted by atomic mass is 16.5. The molecule has 2 unspecified atom stereocenters. The second-order valence-corrected chi connectivity index (χ2v) is 12.6. The largest absolute Gasteiger partial charge is 0.457 e. The molecule has 2 aliphatic rings. The Labute approximate surface area is 279 Å². The first-order valence-corrected chi connectivity index (χ1v) is 17.1. The average Bonchev–Trinajstić information content (AvgIpc) is 3.43. The van der Waals surface area contributed by atoms with Gasteiger partial charge in [-0.2, -0.15) is 0 Å². The molecule has 1 aliphatic carbocycles. The fraction of sp³-hybridized carbons (Fsp3) is 0.436. The van der Waals surface area contributed by atoms with Crippen LogP contribution in [-0.4, -0.2) is 60.2 Å². The number of aliphatic hydroxyl groups is 1. The molecule has 1 aliphatic heterocycles. The summed E-state index contributed by atoms with van der Waals surface area (Å²) in [7, 11) is 1.72. The van der Waals surface area contributed by atoms with E-state index in [2.05, 4.69) is 29.7 Å². The van der Waals surface area contributed by atoms with Crippen LogP contribution < -0.4 is 15.4 Å². The number of likely N-dealkylation sites (N-methyl/N-ethyl adjacent to an activating group) is 1. The molecule has 8 nitrogen and oxygen atoms in total. The third-order valence-electron chi connectivity index (χ3n) is 9.20. The van der Waals surface area contributed by atoms with Crippen molar-refractivity contribution < 1.29 is 24.2 Å². The number of hydrogen-bond donors (Lipinski definition) is 3. The Kier molecular flexibility index (Phi) is 12.6. The van der Waals surface area contributed by atoms with E-state index in [1.165, 1.54) is 0 Å². The van der Waals surface area contributed by atoms with Crippen LogP contribution in [-0.2, 0) is 20.7 Å². The van der Waals surface area contributed by atoms with Gasteiger partial charge in [-0.1, -0.05) is 86.5 Å². The van der Waals surface area contributed by atoms with Gasteiger partial charge in [0.25, 0.3) is 0 Å². The first kappa shape index (κ1) is 34.4. The van der Waals surface area contributed by atoms with Gasteiger partial charge in [0.2, 0.25) is 11.8 Å². The SMILES string of the molecule is CCCCCC(=O)N(C)[C@H]1CC/C=C\COC2CC(NC[C@@H](O)[C@H](Cc3ccccc3)NC1=O)c1cc(Oc3ccccc3)ccc12. The van der Waals surface area contributed by atoms with E-state index in [0.717, 1.165) is 47.5 Å². The molecule has 3 aromatic carbocycles. The van der Waals surface area contributed by atoms with Crippen LogP contribution in [0.3, 0.4) is 0 Å². The van der Waals surface area contributed by atoms with Gasteiger partial charge in [0.05, 0.1) is 24.9 Å². The molecule has 3 aromatic rings. The lowest BCUT2D eigenvalue weighted by molar-refractivity contribution is -0.140. The molecular formula is C39H49N3O5. The molecule has 2 amide bonds. The molecule has 2 bridgehead atoms. The van der Waals surface area contributed by atoms with Crippen molar-refractivity contribution >= 4 is 11.8 Å². The number of β-amino-alcohol motifs (C(OH)–C–C–N with tert-alkyl or cyclic N) is 1. The molecule has 8 heteroatoms. The summed E-state index contributed by atoms with van der Waals surface area (Å²) in [5.41, 5.74) is 3.19. The normalized spacial score (nSPS) is 24.1. The van der Waals surface area contributed by atoms with Crippen molar-refractivity contribution in [2.45, 2.75) is 88.6 Å². The Hall–Kier alpha value is -3.98. The standard InChI is InChI=1S/C39H49N3O5/c1-3-4-8-20-38(44)42(2)35-19-13-7-14-23-46-37-26-33(32-25-30(21-22-31(32)37)47-29-17-11-6-12-18-29)40-27-36(43)34(41-39(35)45)24-28-15-9-5-10-16-28/h5-7,9-12,14-18,21-22,25,33-37,40,43H,3-4,8,13,19-20,23-24,26-27H2,1-2H3,(H,41,45)/b14-7-/t33?,34-,35-,36+,37?/m0/s1. The lowest BCUT2D eigenvalue weighted by atomic mass is 9.99. The van der Waals surface area contributed by atoms with Crippen molar-refractivity contribution in [3.05, 3.63) is 108 Å². The molecule has 0 radical (unpaired) electrons. The van der Waals surface area contributed by atoms with Crippen LogP contribution in [0.5, 0.6) is 11.5 Å². The van der Waals surface area contributed by atoms with Crippen molar-refractivity contribution in [1.29, 1.82) is 0 Å². The fourth-order valence-electron chi connectivity index (χ4n) is 6.48. The summed E-state index contributed by atoms with van der Waals surface area (Å²) in [5.74, 6) is 1.22. The van der Waals surface area contributed by atoms with Crippen molar-refractivity contribution in [2.24, 2.45) is 0 Å². The first-order chi connectivity index (χ1) is 22.9. The van der Waals surface area contributed by atoms with Gasteiger partial charge in [-0.25, -0.2) is 0 Å². The maximum Gasteiger partial charge on any atom is 0.243 e. The van der Waals surface area contributed by atoms with E-state index in [1.54, 1.807) is 11.9 Å². The van der Waals surface area contributed by atoms with Gasteiger partial charge in [0, 0.05) is 26.1 Å². The quantitative estimate of drug-likeness (QED) is 0.185. The average molecular weight is 640 g/mol. The van der Waals surface area contributed by atoms with Gasteiger partial charge >= 0.3 is 0 Å². The molecule has 0 fully saturated rings. The maximum atomic E-state index is 13.9. The van der Waals surface area contributed by atoms with E-state index in [1.807, 2.05) is 78.9 Å². The molecular weight excluding hydrogens is 590 g/mol. The highest BCUT2D eigenvalue weighted by molar-refractivity contribution is 5.87. The lowest BCUT2D eigenvalue weighted by Crippen LogP contribution is -2.55. The fourth-order valence-corrected chi connectivity index (χ4v) is 6.48. The summed E-state index contributed by atoms with van der Waals surface area (Å²) in [6.07, 6.45) is 8.52. The van der Waals surface area contributed by atoms with E-state index in [-0.39, 0.29) is 30.5 Å². The van der Waals surface area contributed by atoms with Crippen molar-refractivity contribution in [2.75, 3.05) is 20.2 Å². The summed E-state index contributed by atoms with van der Waals surface area (Å²) in [5, 5.41) is 18.4. The van der Waals surface area contributed by atoms with E-state index in [9.17, 15) is 14.7 Å². The Morgan fingerprint density at radius 1 is 0.979 bits per heavy atom. The predicted octanol–water partition coefficient (Wildman–Crippen LogP) is 6.42. The van der Waals surface area contributed by atoms with Crippen LogP contribution in [0.2, 0.25) is 0 Å². The topological polar surface area (TPSA) is 100 Å². The number of aliphatic hydroxyl groups excluding tert-OH is 1. The van der Waals surface area contributed by atoms with Crippen LogP contribution in [0.1, 0.15) is 80.7 Å². The minimum absolute atomic E-state index is 0.0351. The number of nitrogens with one attached hydrogen (secondary N) is 2. The second kappa shape index (κ2) is 17.3. The molecule has 5 rings (SSSR count). The van der Waals surface area contributed by atoms with Gasteiger partial charge in [-0.05, 0) is 73.1 Å². The van der Waals surface area contributed by atoms with E-state index < -0.39 is 18.2 Å². The summed E-state index contributed by atoms with van der Waals surface area (Å²) in [4.78, 5) is 28.6. The molecule has 0 saturated carbocycles. The highest BCUT2D eigenvalue weighted by Gasteiger charge is 2.34. The number of rotatable bonds is 9. The number of para-hydroxylation sites is 1. The molecule has 0 aromatic heterocycles. The minimum Gasteiger partial charge on any atom is -0.457 e. The Morgan fingerprint density at radius 3 is 2.51 bits per heavy atom. The van der Waals surface area contributed by atoms with Gasteiger partial charge in [0.15, 0.2) is 0 Å². The molecule has 47 heavy (non-hydrogen) atoms. The third kappa shape index (κ3) is 9.53. The van der Waals surface area contributed by atoms with Crippen LogP contribution >= 0.6 is 0 Å². The summed E-state index contributed by atoms with van der Waals surface area (Å²) in [6.45, 7) is 2.80. The highest BCUT2D eigenvalue weighted by Crippen LogP contribution is 2.43.